The molecule has 0 rings (SSSR count). The zero-order chi connectivity index (χ0) is 67.3. The van der Waals surface area contributed by atoms with E-state index in [9.17, 15) is 43.2 Å². The summed E-state index contributed by atoms with van der Waals surface area (Å²) in [7, 11) is -9.91. The minimum Gasteiger partial charge on any atom is -0.462 e. The summed E-state index contributed by atoms with van der Waals surface area (Å²) in [6, 6.07) is 0. The smallest absolute Gasteiger partial charge is 0.462 e. The molecule has 91 heavy (non-hydrogen) atoms. The first kappa shape index (κ1) is 89.1. The lowest BCUT2D eigenvalue weighted by Crippen LogP contribution is -2.30. The predicted molar refractivity (Wildman–Crippen MR) is 368 cm³/mol. The van der Waals surface area contributed by atoms with Crippen molar-refractivity contribution in [3.05, 3.63) is 0 Å². The van der Waals surface area contributed by atoms with Crippen LogP contribution in [0.2, 0.25) is 0 Å². The maximum absolute atomic E-state index is 13.0. The molecule has 0 spiro atoms. The van der Waals surface area contributed by atoms with E-state index in [1.807, 2.05) is 0 Å². The van der Waals surface area contributed by atoms with Gasteiger partial charge in [0.2, 0.25) is 0 Å². The highest BCUT2D eigenvalue weighted by Gasteiger charge is 2.30. The third kappa shape index (κ3) is 66.5. The van der Waals surface area contributed by atoms with Crippen LogP contribution in [0.4, 0.5) is 0 Å². The van der Waals surface area contributed by atoms with Gasteiger partial charge in [0.1, 0.15) is 19.3 Å². The summed E-state index contributed by atoms with van der Waals surface area (Å²) in [6.45, 7) is 11.8. The number of phosphoric acid groups is 2. The SMILES string of the molecule is CCCCCCCCCCCCCCCC(=O)O[C@H](COC(=O)CCCCCCCCCCCC(C)C)COP(=O)(O)OC[C@H](O)COP(=O)(O)OC[C@@H](COC(=O)CCCCCCCCCCCCC(C)C)OC(=O)CCCCCCCCCCCCC(C)C. The van der Waals surface area contributed by atoms with Crippen molar-refractivity contribution in [1.29, 1.82) is 0 Å². The molecule has 0 aromatic carbocycles. The number of hydrogen-bond acceptors (Lipinski definition) is 15. The summed E-state index contributed by atoms with van der Waals surface area (Å²) in [5.74, 6) is 0.132. The van der Waals surface area contributed by atoms with Gasteiger partial charge in [0, 0.05) is 25.7 Å². The van der Waals surface area contributed by atoms with Crippen LogP contribution < -0.4 is 0 Å². The van der Waals surface area contributed by atoms with Crippen molar-refractivity contribution in [1.82, 2.24) is 0 Å². The molecule has 2 unspecified atom stereocenters. The molecule has 3 N–H and O–H groups in total. The third-order valence-electron chi connectivity index (χ3n) is 16.6. The highest BCUT2D eigenvalue weighted by Crippen LogP contribution is 2.45. The first-order valence-corrected chi connectivity index (χ1v) is 40.3. The standard InChI is InChI=1S/C72H140O17P2/c1-8-9-10-11-12-13-14-15-16-26-34-41-48-55-71(76)88-68(60-83-70(75)54-47-40-33-28-21-24-31-38-45-52-65(6)7)62-87-91(80,81)85-58-66(73)57-84-90(78,79)86-61-67(89-72(77)56-49-42-35-27-20-18-23-30-37-44-51-64(4)5)59-82-69(74)53-46-39-32-25-19-17-22-29-36-43-50-63(2)3/h63-68,73H,8-62H2,1-7H3,(H,78,79)(H,80,81)/t66-,67-,68-/m1/s1. The van der Waals surface area contributed by atoms with Crippen molar-refractivity contribution in [3.63, 3.8) is 0 Å². The molecular weight excluding hydrogens is 1200 g/mol. The van der Waals surface area contributed by atoms with E-state index >= 15 is 0 Å². The molecule has 0 aliphatic rings. The molecule has 19 heteroatoms. The maximum Gasteiger partial charge on any atom is 0.472 e. The van der Waals surface area contributed by atoms with Crippen molar-refractivity contribution in [2.75, 3.05) is 39.6 Å². The Balaban J connectivity index is 5.27. The fourth-order valence-corrected chi connectivity index (χ4v) is 12.5. The number of carbonyl (C=O) groups excluding carboxylic acids is 4. The van der Waals surface area contributed by atoms with Crippen molar-refractivity contribution in [2.45, 2.75) is 381 Å². The van der Waals surface area contributed by atoms with Gasteiger partial charge in [0.15, 0.2) is 12.2 Å². The normalized spacial score (nSPS) is 14.2. The Kier molecular flexibility index (Phi) is 61.5. The molecule has 0 amide bonds. The van der Waals surface area contributed by atoms with Crippen LogP contribution in [-0.2, 0) is 65.4 Å². The molecule has 0 heterocycles. The molecule has 0 saturated heterocycles. The highest BCUT2D eigenvalue weighted by molar-refractivity contribution is 7.47. The van der Waals surface area contributed by atoms with E-state index in [0.29, 0.717) is 25.7 Å². The summed E-state index contributed by atoms with van der Waals surface area (Å²) in [5, 5.41) is 10.6. The fourth-order valence-electron chi connectivity index (χ4n) is 10.9. The van der Waals surface area contributed by atoms with Crippen LogP contribution in [-0.4, -0.2) is 96.7 Å². The van der Waals surface area contributed by atoms with Crippen LogP contribution in [0.5, 0.6) is 0 Å². The Labute approximate surface area is 556 Å². The Bertz CT molecular complexity index is 1780. The minimum atomic E-state index is -4.95. The number of aliphatic hydroxyl groups is 1. The van der Waals surface area contributed by atoms with Crippen LogP contribution in [0, 0.1) is 17.8 Å². The number of ether oxygens (including phenoxy) is 4. The first-order chi connectivity index (χ1) is 43.7. The second kappa shape index (κ2) is 62.8. The Morgan fingerprint density at radius 1 is 0.297 bits per heavy atom. The average Bonchev–Trinajstić information content (AvgIpc) is 3.04. The van der Waals surface area contributed by atoms with E-state index in [1.54, 1.807) is 0 Å². The molecule has 0 aliphatic heterocycles. The first-order valence-electron chi connectivity index (χ1n) is 37.3. The minimum absolute atomic E-state index is 0.105. The van der Waals surface area contributed by atoms with Gasteiger partial charge < -0.3 is 33.8 Å². The largest absolute Gasteiger partial charge is 0.472 e. The molecular formula is C72H140O17P2. The quantitative estimate of drug-likeness (QED) is 0.0222. The van der Waals surface area contributed by atoms with E-state index in [4.69, 9.17) is 37.0 Å². The van der Waals surface area contributed by atoms with Crippen LogP contribution >= 0.6 is 15.6 Å². The van der Waals surface area contributed by atoms with Gasteiger partial charge in [-0.1, -0.05) is 312 Å². The number of phosphoric ester groups is 2. The van der Waals surface area contributed by atoms with Crippen molar-refractivity contribution in [2.24, 2.45) is 17.8 Å². The summed E-state index contributed by atoms with van der Waals surface area (Å²) in [4.78, 5) is 72.7. The number of hydrogen-bond donors (Lipinski definition) is 3. The summed E-state index contributed by atoms with van der Waals surface area (Å²) in [6.07, 6.45) is 47.1. The van der Waals surface area contributed by atoms with E-state index in [0.717, 1.165) is 108 Å². The van der Waals surface area contributed by atoms with E-state index in [1.165, 1.54) is 173 Å². The van der Waals surface area contributed by atoms with E-state index in [2.05, 4.69) is 48.5 Å². The average molecular weight is 1340 g/mol. The molecule has 17 nitrogen and oxygen atoms in total. The molecule has 540 valence electrons. The van der Waals surface area contributed by atoms with E-state index in [-0.39, 0.29) is 25.7 Å². The Morgan fingerprint density at radius 3 is 0.747 bits per heavy atom. The van der Waals surface area contributed by atoms with Gasteiger partial charge in [-0.25, -0.2) is 9.13 Å². The van der Waals surface area contributed by atoms with Crippen LogP contribution in [0.25, 0.3) is 0 Å². The fraction of sp³-hybridized carbons (Fsp3) is 0.944. The highest BCUT2D eigenvalue weighted by atomic mass is 31.2. The van der Waals surface area contributed by atoms with E-state index < -0.39 is 97.5 Å². The summed E-state index contributed by atoms with van der Waals surface area (Å²) in [5.41, 5.74) is 0. The molecule has 0 fully saturated rings. The molecule has 0 aromatic heterocycles. The summed E-state index contributed by atoms with van der Waals surface area (Å²) >= 11 is 0. The van der Waals surface area contributed by atoms with Crippen LogP contribution in [0.15, 0.2) is 0 Å². The summed E-state index contributed by atoms with van der Waals surface area (Å²) < 4.78 is 68.4. The maximum atomic E-state index is 13.0. The number of unbranched alkanes of at least 4 members (excludes halogenated alkanes) is 38. The molecule has 0 bridgehead atoms. The molecule has 0 radical (unpaired) electrons. The number of esters is 4. The second-order valence-electron chi connectivity index (χ2n) is 27.4. The van der Waals surface area contributed by atoms with Crippen LogP contribution in [0.1, 0.15) is 363 Å². The second-order valence-corrected chi connectivity index (χ2v) is 30.3. The number of carbonyl (C=O) groups is 4. The third-order valence-corrected chi connectivity index (χ3v) is 18.5. The topological polar surface area (TPSA) is 237 Å². The van der Waals surface area contributed by atoms with Gasteiger partial charge in [-0.2, -0.15) is 0 Å². The monoisotopic (exact) mass is 1340 g/mol. The van der Waals surface area contributed by atoms with Crippen molar-refractivity contribution in [3.8, 4) is 0 Å². The van der Waals surface area contributed by atoms with Gasteiger partial charge in [-0.3, -0.25) is 37.3 Å². The molecule has 0 aliphatic carbocycles. The van der Waals surface area contributed by atoms with Crippen LogP contribution in [0.3, 0.4) is 0 Å². The predicted octanol–water partition coefficient (Wildman–Crippen LogP) is 20.6. The van der Waals surface area contributed by atoms with Gasteiger partial charge >= 0.3 is 39.5 Å². The lowest BCUT2D eigenvalue weighted by molar-refractivity contribution is -0.161. The van der Waals surface area contributed by atoms with Gasteiger partial charge in [-0.15, -0.1) is 0 Å². The zero-order valence-electron chi connectivity index (χ0n) is 59.3. The Morgan fingerprint density at radius 2 is 0.505 bits per heavy atom. The van der Waals surface area contributed by atoms with Gasteiger partial charge in [0.25, 0.3) is 0 Å². The molecule has 5 atom stereocenters. The molecule has 0 aromatic rings. The molecule has 0 saturated carbocycles. The van der Waals surface area contributed by atoms with Crippen molar-refractivity contribution < 1.29 is 80.2 Å². The lowest BCUT2D eigenvalue weighted by Gasteiger charge is -2.21. The Hall–Kier alpha value is -1.94. The lowest BCUT2D eigenvalue weighted by atomic mass is 10.0. The number of rotatable bonds is 70. The van der Waals surface area contributed by atoms with Gasteiger partial charge in [0.05, 0.1) is 26.4 Å². The number of aliphatic hydroxyl groups excluding tert-OH is 1. The van der Waals surface area contributed by atoms with Crippen molar-refractivity contribution >= 4 is 39.5 Å². The van der Waals surface area contributed by atoms with Gasteiger partial charge in [-0.05, 0) is 43.4 Å². The zero-order valence-corrected chi connectivity index (χ0v) is 61.1.